The van der Waals surface area contributed by atoms with Crippen LogP contribution in [-0.4, -0.2) is 37.7 Å². The van der Waals surface area contributed by atoms with Crippen LogP contribution in [0.4, 0.5) is 13.2 Å². The fourth-order valence-corrected chi connectivity index (χ4v) is 4.71. The highest BCUT2D eigenvalue weighted by Crippen LogP contribution is 2.40. The number of ether oxygens (including phenoxy) is 2. The standard InChI is InChI=1S/C28H30ClF3N2O2/c1-2-35-26-18-22(10-12-25(26)36-19-20-7-4-3-5-8-20)27(34-15-6-13-33-14-16-34)21-9-11-24(29)23(17-21)28(30,31)32/h3-5,7-12,17-18,27,33H,2,6,13-16,19H2,1H3. The summed E-state index contributed by atoms with van der Waals surface area (Å²) in [6, 6.07) is 19.2. The summed E-state index contributed by atoms with van der Waals surface area (Å²) in [4.78, 5) is 2.21. The molecule has 192 valence electrons. The topological polar surface area (TPSA) is 33.7 Å². The number of nitrogens with one attached hydrogen (secondary N) is 1. The Kier molecular flexibility index (Phi) is 8.77. The molecule has 0 bridgehead atoms. The molecule has 0 saturated carbocycles. The number of nitrogens with zero attached hydrogens (tertiary/aromatic N) is 1. The zero-order valence-electron chi connectivity index (χ0n) is 20.2. The maximum atomic E-state index is 13.7. The number of alkyl halides is 3. The van der Waals surface area contributed by atoms with Crippen LogP contribution in [0.5, 0.6) is 11.5 Å². The van der Waals surface area contributed by atoms with Gasteiger partial charge in [0, 0.05) is 19.6 Å². The fraction of sp³-hybridized carbons (Fsp3) is 0.357. The average molecular weight is 519 g/mol. The number of rotatable bonds is 8. The highest BCUT2D eigenvalue weighted by molar-refractivity contribution is 6.31. The lowest BCUT2D eigenvalue weighted by Gasteiger charge is -2.32. The normalized spacial score (nSPS) is 15.8. The van der Waals surface area contributed by atoms with Crippen molar-refractivity contribution < 1.29 is 22.6 Å². The third-order valence-corrected chi connectivity index (χ3v) is 6.50. The molecule has 4 nitrogen and oxygen atoms in total. The number of hydrogen-bond donors (Lipinski definition) is 1. The van der Waals surface area contributed by atoms with Crippen LogP contribution in [0.15, 0.2) is 66.7 Å². The monoisotopic (exact) mass is 518 g/mol. The van der Waals surface area contributed by atoms with Gasteiger partial charge in [0.15, 0.2) is 11.5 Å². The van der Waals surface area contributed by atoms with Crippen molar-refractivity contribution in [2.24, 2.45) is 0 Å². The number of benzene rings is 3. The Morgan fingerprint density at radius 2 is 1.67 bits per heavy atom. The van der Waals surface area contributed by atoms with Gasteiger partial charge in [-0.05, 0) is 60.8 Å². The highest BCUT2D eigenvalue weighted by Gasteiger charge is 2.35. The van der Waals surface area contributed by atoms with Crippen LogP contribution >= 0.6 is 11.6 Å². The largest absolute Gasteiger partial charge is 0.490 e. The Balaban J connectivity index is 1.72. The van der Waals surface area contributed by atoms with Crippen molar-refractivity contribution in [1.82, 2.24) is 10.2 Å². The van der Waals surface area contributed by atoms with Gasteiger partial charge in [-0.25, -0.2) is 0 Å². The second-order valence-electron chi connectivity index (χ2n) is 8.69. The molecule has 1 atom stereocenters. The van der Waals surface area contributed by atoms with Gasteiger partial charge >= 0.3 is 6.18 Å². The van der Waals surface area contributed by atoms with E-state index in [0.717, 1.165) is 37.2 Å². The molecule has 36 heavy (non-hydrogen) atoms. The molecule has 1 unspecified atom stereocenters. The molecule has 1 fully saturated rings. The molecule has 1 heterocycles. The summed E-state index contributed by atoms with van der Waals surface area (Å²) in [5.74, 6) is 1.15. The lowest BCUT2D eigenvalue weighted by Crippen LogP contribution is -2.33. The van der Waals surface area contributed by atoms with E-state index in [-0.39, 0.29) is 5.02 Å². The Morgan fingerprint density at radius 3 is 2.42 bits per heavy atom. The smallest absolute Gasteiger partial charge is 0.417 e. The first kappa shape index (κ1) is 26.3. The molecule has 0 aliphatic carbocycles. The van der Waals surface area contributed by atoms with E-state index in [1.807, 2.05) is 55.5 Å². The minimum absolute atomic E-state index is 0.304. The molecule has 8 heteroatoms. The van der Waals surface area contributed by atoms with Crippen molar-refractivity contribution in [2.75, 3.05) is 32.8 Å². The molecular formula is C28H30ClF3N2O2. The molecule has 3 aromatic rings. The second kappa shape index (κ2) is 12.0. The van der Waals surface area contributed by atoms with Crippen LogP contribution in [0, 0.1) is 0 Å². The Bertz CT molecular complexity index is 1130. The predicted molar refractivity (Wildman–Crippen MR) is 136 cm³/mol. The molecule has 0 amide bonds. The molecule has 0 aromatic heterocycles. The molecular weight excluding hydrogens is 489 g/mol. The van der Waals surface area contributed by atoms with Gasteiger partial charge in [-0.3, -0.25) is 4.90 Å². The molecule has 1 N–H and O–H groups in total. The maximum Gasteiger partial charge on any atom is 0.417 e. The summed E-state index contributed by atoms with van der Waals surface area (Å²) in [6.45, 7) is 5.78. The van der Waals surface area contributed by atoms with Gasteiger partial charge < -0.3 is 14.8 Å². The summed E-state index contributed by atoms with van der Waals surface area (Å²) in [6.07, 6.45) is -3.64. The van der Waals surface area contributed by atoms with E-state index in [1.54, 1.807) is 6.07 Å². The molecule has 4 rings (SSSR count). The van der Waals surface area contributed by atoms with Crippen LogP contribution in [0.3, 0.4) is 0 Å². The molecule has 3 aromatic carbocycles. The number of halogens is 4. The molecule has 1 aliphatic heterocycles. The first-order valence-electron chi connectivity index (χ1n) is 12.1. The highest BCUT2D eigenvalue weighted by atomic mass is 35.5. The van der Waals surface area contributed by atoms with E-state index in [0.29, 0.717) is 36.8 Å². The molecule has 1 saturated heterocycles. The summed E-state index contributed by atoms with van der Waals surface area (Å²) >= 11 is 5.94. The van der Waals surface area contributed by atoms with Crippen LogP contribution in [0.2, 0.25) is 5.02 Å². The van der Waals surface area contributed by atoms with Crippen molar-refractivity contribution in [1.29, 1.82) is 0 Å². The Hall–Kier alpha value is -2.74. The van der Waals surface area contributed by atoms with Gasteiger partial charge in [-0.1, -0.05) is 54.1 Å². The summed E-state index contributed by atoms with van der Waals surface area (Å²) in [5, 5.41) is 3.06. The third kappa shape index (κ3) is 6.52. The van der Waals surface area contributed by atoms with Gasteiger partial charge in [0.2, 0.25) is 0 Å². The minimum atomic E-state index is -4.54. The summed E-state index contributed by atoms with van der Waals surface area (Å²) in [5.41, 5.74) is 1.57. The van der Waals surface area contributed by atoms with Crippen LogP contribution in [0.1, 0.15) is 41.6 Å². The van der Waals surface area contributed by atoms with Crippen molar-refractivity contribution in [3.05, 3.63) is 94.0 Å². The molecule has 0 radical (unpaired) electrons. The third-order valence-electron chi connectivity index (χ3n) is 6.17. The Labute approximate surface area is 215 Å². The fourth-order valence-electron chi connectivity index (χ4n) is 4.49. The van der Waals surface area contributed by atoms with Gasteiger partial charge in [0.05, 0.1) is 23.2 Å². The van der Waals surface area contributed by atoms with E-state index < -0.39 is 17.8 Å². The van der Waals surface area contributed by atoms with E-state index in [2.05, 4.69) is 10.2 Å². The number of hydrogen-bond acceptors (Lipinski definition) is 4. The lowest BCUT2D eigenvalue weighted by atomic mass is 9.94. The first-order valence-corrected chi connectivity index (χ1v) is 12.5. The van der Waals surface area contributed by atoms with Crippen molar-refractivity contribution in [3.8, 4) is 11.5 Å². The van der Waals surface area contributed by atoms with Crippen molar-refractivity contribution >= 4 is 11.6 Å². The average Bonchev–Trinajstić information content (AvgIpc) is 3.14. The van der Waals surface area contributed by atoms with Gasteiger partial charge in [-0.15, -0.1) is 0 Å². The zero-order chi connectivity index (χ0) is 25.5. The summed E-state index contributed by atoms with van der Waals surface area (Å²) in [7, 11) is 0. The SMILES string of the molecule is CCOc1cc(C(c2ccc(Cl)c(C(F)(F)F)c2)N2CCCNCC2)ccc1OCc1ccccc1. The van der Waals surface area contributed by atoms with Crippen LogP contribution in [-0.2, 0) is 12.8 Å². The quantitative estimate of drug-likeness (QED) is 0.359. The van der Waals surface area contributed by atoms with E-state index >= 15 is 0 Å². The molecule has 0 spiro atoms. The Morgan fingerprint density at radius 1 is 0.917 bits per heavy atom. The van der Waals surface area contributed by atoms with E-state index in [1.165, 1.54) is 12.1 Å². The zero-order valence-corrected chi connectivity index (χ0v) is 20.9. The van der Waals surface area contributed by atoms with Crippen molar-refractivity contribution in [3.63, 3.8) is 0 Å². The van der Waals surface area contributed by atoms with Gasteiger partial charge in [-0.2, -0.15) is 13.2 Å². The molecule has 1 aliphatic rings. The lowest BCUT2D eigenvalue weighted by molar-refractivity contribution is -0.137. The van der Waals surface area contributed by atoms with Crippen LogP contribution < -0.4 is 14.8 Å². The van der Waals surface area contributed by atoms with E-state index in [4.69, 9.17) is 21.1 Å². The minimum Gasteiger partial charge on any atom is -0.490 e. The second-order valence-corrected chi connectivity index (χ2v) is 9.10. The summed E-state index contributed by atoms with van der Waals surface area (Å²) < 4.78 is 53.0. The van der Waals surface area contributed by atoms with Gasteiger partial charge in [0.25, 0.3) is 0 Å². The predicted octanol–water partition coefficient (Wildman–Crippen LogP) is 6.72. The van der Waals surface area contributed by atoms with Gasteiger partial charge in [0.1, 0.15) is 6.61 Å². The van der Waals surface area contributed by atoms with Crippen molar-refractivity contribution in [2.45, 2.75) is 32.2 Å². The first-order chi connectivity index (χ1) is 17.4. The van der Waals surface area contributed by atoms with Crippen LogP contribution in [0.25, 0.3) is 0 Å². The maximum absolute atomic E-state index is 13.7. The van der Waals surface area contributed by atoms with E-state index in [9.17, 15) is 13.2 Å².